The molecule has 0 radical (unpaired) electrons. The van der Waals surface area contributed by atoms with E-state index in [-0.39, 0.29) is 17.1 Å². The Hall–Kier alpha value is -3.29. The molecule has 25 heavy (non-hydrogen) atoms. The summed E-state index contributed by atoms with van der Waals surface area (Å²) in [5, 5.41) is 0.757. The summed E-state index contributed by atoms with van der Waals surface area (Å²) in [6, 6.07) is 11.4. The van der Waals surface area contributed by atoms with Crippen molar-refractivity contribution in [3.8, 4) is 11.8 Å². The third kappa shape index (κ3) is 2.82. The van der Waals surface area contributed by atoms with Crippen LogP contribution in [0, 0.1) is 0 Å². The fourth-order valence-electron chi connectivity index (χ4n) is 2.55. The van der Waals surface area contributed by atoms with Crippen LogP contribution in [0.2, 0.25) is 0 Å². The Bertz CT molecular complexity index is 1150. The van der Waals surface area contributed by atoms with Crippen molar-refractivity contribution in [2.45, 2.75) is 6.18 Å². The number of fused-ring (bicyclic) bond motifs is 2. The molecule has 0 unspecified atom stereocenters. The Kier molecular flexibility index (Phi) is 3.28. The second-order valence-corrected chi connectivity index (χ2v) is 5.42. The van der Waals surface area contributed by atoms with E-state index in [1.807, 2.05) is 0 Å². The van der Waals surface area contributed by atoms with Crippen LogP contribution in [0.4, 0.5) is 13.2 Å². The van der Waals surface area contributed by atoms with E-state index in [0.29, 0.717) is 16.8 Å². The van der Waals surface area contributed by atoms with Gasteiger partial charge < -0.3 is 14.7 Å². The van der Waals surface area contributed by atoms with Crippen molar-refractivity contribution in [2.75, 3.05) is 0 Å². The molecule has 0 saturated heterocycles. The number of nitrogens with one attached hydrogen (secondary N) is 2. The number of rotatable bonds is 2. The van der Waals surface area contributed by atoms with Crippen LogP contribution in [0.5, 0.6) is 11.8 Å². The number of aromatic amines is 2. The van der Waals surface area contributed by atoms with Crippen molar-refractivity contribution in [1.29, 1.82) is 0 Å². The molecule has 0 amide bonds. The Morgan fingerprint density at radius 2 is 1.84 bits per heavy atom. The van der Waals surface area contributed by atoms with E-state index < -0.39 is 11.7 Å². The maximum atomic E-state index is 12.8. The lowest BCUT2D eigenvalue weighted by Crippen LogP contribution is -2.04. The van der Waals surface area contributed by atoms with Gasteiger partial charge >= 0.3 is 6.18 Å². The van der Waals surface area contributed by atoms with Crippen molar-refractivity contribution in [3.63, 3.8) is 0 Å². The number of aromatic nitrogens is 3. The van der Waals surface area contributed by atoms with Gasteiger partial charge in [-0.3, -0.25) is 4.79 Å². The smallest absolute Gasteiger partial charge is 0.416 e. The number of H-pyrrole nitrogens is 2. The third-order valence-corrected chi connectivity index (χ3v) is 3.72. The highest BCUT2D eigenvalue weighted by molar-refractivity contribution is 5.84. The van der Waals surface area contributed by atoms with Crippen LogP contribution >= 0.6 is 0 Å². The number of ether oxygens (including phenoxy) is 1. The van der Waals surface area contributed by atoms with Gasteiger partial charge in [0.05, 0.1) is 22.1 Å². The number of nitrogens with zero attached hydrogens (tertiary/aromatic N) is 1. The molecule has 0 spiro atoms. The van der Waals surface area contributed by atoms with Gasteiger partial charge in [0, 0.05) is 11.5 Å². The summed E-state index contributed by atoms with van der Waals surface area (Å²) in [6.07, 6.45) is -4.44. The van der Waals surface area contributed by atoms with E-state index >= 15 is 0 Å². The van der Waals surface area contributed by atoms with Crippen LogP contribution in [-0.4, -0.2) is 15.0 Å². The summed E-state index contributed by atoms with van der Waals surface area (Å²) < 4.78 is 44.0. The molecule has 2 aromatic heterocycles. The second-order valence-electron chi connectivity index (χ2n) is 5.42. The quantitative estimate of drug-likeness (QED) is 0.571. The van der Waals surface area contributed by atoms with Gasteiger partial charge in [0.1, 0.15) is 0 Å². The van der Waals surface area contributed by atoms with Gasteiger partial charge in [-0.25, -0.2) is 0 Å². The Labute approximate surface area is 138 Å². The van der Waals surface area contributed by atoms with Crippen molar-refractivity contribution >= 4 is 21.9 Å². The molecule has 0 atom stereocenters. The molecule has 4 rings (SSSR count). The molecule has 0 aliphatic heterocycles. The number of benzene rings is 2. The fourth-order valence-corrected chi connectivity index (χ4v) is 2.55. The number of hydrogen-bond donors (Lipinski definition) is 2. The number of alkyl halides is 3. The molecule has 0 saturated carbocycles. The first-order chi connectivity index (χ1) is 11.9. The second kappa shape index (κ2) is 5.37. The maximum absolute atomic E-state index is 12.8. The highest BCUT2D eigenvalue weighted by Crippen LogP contribution is 2.32. The molecule has 8 heteroatoms. The minimum atomic E-state index is -4.44. The van der Waals surface area contributed by atoms with Crippen LogP contribution < -0.4 is 10.3 Å². The van der Waals surface area contributed by atoms with Crippen LogP contribution in [-0.2, 0) is 6.18 Å². The minimum absolute atomic E-state index is 0.0338. The van der Waals surface area contributed by atoms with E-state index in [4.69, 9.17) is 4.74 Å². The van der Waals surface area contributed by atoms with Gasteiger partial charge in [-0.1, -0.05) is 12.1 Å². The van der Waals surface area contributed by atoms with E-state index in [9.17, 15) is 18.0 Å². The monoisotopic (exact) mass is 345 g/mol. The highest BCUT2D eigenvalue weighted by Gasteiger charge is 2.30. The number of halogens is 3. The van der Waals surface area contributed by atoms with Gasteiger partial charge in [0.15, 0.2) is 5.75 Å². The molecule has 0 bridgehead atoms. The Morgan fingerprint density at radius 3 is 2.64 bits per heavy atom. The van der Waals surface area contributed by atoms with Gasteiger partial charge in [-0.15, -0.1) is 0 Å². The number of imidazole rings is 1. The Morgan fingerprint density at radius 1 is 1.00 bits per heavy atom. The zero-order valence-corrected chi connectivity index (χ0v) is 12.5. The maximum Gasteiger partial charge on any atom is 0.416 e. The molecule has 0 aliphatic rings. The standard InChI is InChI=1S/C17H10F3N3O2/c18-17(19,20)10-5-6-11-12(8-10)22-16(21-11)25-13-3-1-2-9-4-7-14(24)23-15(9)13/h1-8H,(H,21,22)(H,23,24). The summed E-state index contributed by atoms with van der Waals surface area (Å²) in [6.45, 7) is 0. The molecule has 5 nitrogen and oxygen atoms in total. The van der Waals surface area contributed by atoms with Gasteiger partial charge in [0.2, 0.25) is 5.56 Å². The largest absolute Gasteiger partial charge is 0.423 e. The molecule has 0 aliphatic carbocycles. The first-order valence-corrected chi connectivity index (χ1v) is 7.27. The zero-order valence-electron chi connectivity index (χ0n) is 12.5. The van der Waals surface area contributed by atoms with E-state index in [1.54, 1.807) is 24.3 Å². The van der Waals surface area contributed by atoms with Crippen LogP contribution in [0.1, 0.15) is 5.56 Å². The summed E-state index contributed by atoms with van der Waals surface area (Å²) in [7, 11) is 0. The molecular weight excluding hydrogens is 335 g/mol. The van der Waals surface area contributed by atoms with E-state index in [2.05, 4.69) is 15.0 Å². The average molecular weight is 345 g/mol. The molecule has 2 N–H and O–H groups in total. The topological polar surface area (TPSA) is 70.8 Å². The van der Waals surface area contributed by atoms with Crippen LogP contribution in [0.25, 0.3) is 21.9 Å². The van der Waals surface area contributed by atoms with Crippen molar-refractivity contribution < 1.29 is 17.9 Å². The van der Waals surface area contributed by atoms with Crippen LogP contribution in [0.3, 0.4) is 0 Å². The molecule has 2 heterocycles. The molecular formula is C17H10F3N3O2. The first kappa shape index (κ1) is 15.3. The normalized spacial score (nSPS) is 12.0. The zero-order chi connectivity index (χ0) is 17.6. The van der Waals surface area contributed by atoms with Gasteiger partial charge in [-0.05, 0) is 30.3 Å². The lowest BCUT2D eigenvalue weighted by Gasteiger charge is -2.05. The average Bonchev–Trinajstić information content (AvgIpc) is 2.96. The van der Waals surface area contributed by atoms with Crippen molar-refractivity contribution in [1.82, 2.24) is 15.0 Å². The van der Waals surface area contributed by atoms with Crippen molar-refractivity contribution in [3.05, 3.63) is 64.4 Å². The summed E-state index contributed by atoms with van der Waals surface area (Å²) in [4.78, 5) is 21.0. The lowest BCUT2D eigenvalue weighted by atomic mass is 10.2. The third-order valence-electron chi connectivity index (χ3n) is 3.72. The molecule has 4 aromatic rings. The fraction of sp³-hybridized carbons (Fsp3) is 0.0588. The number of pyridine rings is 1. The van der Waals surface area contributed by atoms with Crippen LogP contribution in [0.15, 0.2) is 53.3 Å². The summed E-state index contributed by atoms with van der Waals surface area (Å²) in [5.74, 6) is 0.338. The predicted molar refractivity (Wildman–Crippen MR) is 85.7 cm³/mol. The van der Waals surface area contributed by atoms with E-state index in [0.717, 1.165) is 17.5 Å². The highest BCUT2D eigenvalue weighted by atomic mass is 19.4. The lowest BCUT2D eigenvalue weighted by molar-refractivity contribution is -0.137. The molecule has 0 fully saturated rings. The number of hydrogen-bond acceptors (Lipinski definition) is 3. The number of para-hydroxylation sites is 1. The summed E-state index contributed by atoms with van der Waals surface area (Å²) in [5.41, 5.74) is -0.0330. The molecule has 2 aromatic carbocycles. The van der Waals surface area contributed by atoms with Gasteiger partial charge in [-0.2, -0.15) is 18.2 Å². The summed E-state index contributed by atoms with van der Waals surface area (Å²) >= 11 is 0. The minimum Gasteiger partial charge on any atom is -0.423 e. The van der Waals surface area contributed by atoms with Crippen molar-refractivity contribution in [2.24, 2.45) is 0 Å². The first-order valence-electron chi connectivity index (χ1n) is 7.27. The SMILES string of the molecule is O=c1ccc2cccc(Oc3nc4ccc(C(F)(F)F)cc4[nH]3)c2[nH]1. The van der Waals surface area contributed by atoms with Gasteiger partial charge in [0.25, 0.3) is 6.01 Å². The van der Waals surface area contributed by atoms with E-state index in [1.165, 1.54) is 12.1 Å². The Balaban J connectivity index is 1.76. The predicted octanol–water partition coefficient (Wildman–Crippen LogP) is 4.22. The molecule has 126 valence electrons.